The summed E-state index contributed by atoms with van der Waals surface area (Å²) >= 11 is 0. The average molecular weight is 234 g/mol. The van der Waals surface area contributed by atoms with Gasteiger partial charge in [0.25, 0.3) is 0 Å². The molecule has 0 aliphatic heterocycles. The Kier molecular flexibility index (Phi) is 3.54. The predicted molar refractivity (Wildman–Crippen MR) is 76.5 cm³/mol. The van der Waals surface area contributed by atoms with Crippen molar-refractivity contribution in [1.29, 1.82) is 0 Å². The first kappa shape index (κ1) is 12.1. The van der Waals surface area contributed by atoms with Crippen molar-refractivity contribution in [1.82, 2.24) is 0 Å². The summed E-state index contributed by atoms with van der Waals surface area (Å²) in [4.78, 5) is 12.5. The molecule has 0 N–H and O–H groups in total. The highest BCUT2D eigenvalue weighted by Crippen LogP contribution is 2.19. The van der Waals surface area contributed by atoms with Crippen molar-refractivity contribution < 1.29 is 4.79 Å². The molecule has 88 valence electrons. The number of hydrogen-bond donors (Lipinski definition) is 0. The highest BCUT2D eigenvalue weighted by atomic mass is 16.1. The molecule has 0 amide bonds. The van der Waals surface area contributed by atoms with E-state index in [-0.39, 0.29) is 5.78 Å². The molecule has 0 aromatic heterocycles. The summed E-state index contributed by atoms with van der Waals surface area (Å²) in [5.41, 5.74) is 3.03. The Morgan fingerprint density at radius 3 is 1.56 bits per heavy atom. The average Bonchev–Trinajstić information content (AvgIpc) is 2.46. The van der Waals surface area contributed by atoms with Gasteiger partial charge in [-0.25, -0.2) is 0 Å². The third kappa shape index (κ3) is 2.16. The van der Waals surface area contributed by atoms with Gasteiger partial charge in [0.05, 0.1) is 0 Å². The van der Waals surface area contributed by atoms with Crippen LogP contribution in [-0.4, -0.2) is 5.78 Å². The summed E-state index contributed by atoms with van der Waals surface area (Å²) in [5.74, 6) is 0.000926. The van der Waals surface area contributed by atoms with Gasteiger partial charge in [0, 0.05) is 11.1 Å². The maximum Gasteiger partial charge on any atom is 0.194 e. The third-order valence-corrected chi connectivity index (χ3v) is 2.85. The normalized spacial score (nSPS) is 9.78. The zero-order valence-corrected chi connectivity index (χ0v) is 10.1. The molecule has 0 radical (unpaired) electrons. The lowest BCUT2D eigenvalue weighted by Gasteiger charge is -2.07. The minimum absolute atomic E-state index is 0.000926. The van der Waals surface area contributed by atoms with Gasteiger partial charge in [-0.3, -0.25) is 4.79 Å². The monoisotopic (exact) mass is 234 g/mol. The summed E-state index contributed by atoms with van der Waals surface area (Å²) in [6.07, 6.45) is 3.40. The fourth-order valence-corrected chi connectivity index (χ4v) is 1.91. The third-order valence-electron chi connectivity index (χ3n) is 2.85. The first-order valence-corrected chi connectivity index (χ1v) is 5.75. The fraction of sp³-hybridized carbons (Fsp3) is 0. The van der Waals surface area contributed by atoms with Gasteiger partial charge in [0.1, 0.15) is 0 Å². The van der Waals surface area contributed by atoms with E-state index < -0.39 is 0 Å². The molecule has 1 nitrogen and oxygen atoms in total. The highest BCUT2D eigenvalue weighted by Gasteiger charge is 2.13. The molecule has 0 spiro atoms. The zero-order valence-electron chi connectivity index (χ0n) is 10.1. The van der Waals surface area contributed by atoms with Crippen LogP contribution in [0, 0.1) is 0 Å². The quantitative estimate of drug-likeness (QED) is 0.724. The van der Waals surface area contributed by atoms with Gasteiger partial charge >= 0.3 is 0 Å². The van der Waals surface area contributed by atoms with E-state index in [9.17, 15) is 4.79 Å². The molecule has 0 saturated heterocycles. The van der Waals surface area contributed by atoms with E-state index in [2.05, 4.69) is 13.2 Å². The fourth-order valence-electron chi connectivity index (χ4n) is 1.91. The largest absolute Gasteiger partial charge is 0.289 e. The van der Waals surface area contributed by atoms with Crippen LogP contribution >= 0.6 is 0 Å². The number of rotatable bonds is 4. The molecule has 0 aliphatic rings. The lowest BCUT2D eigenvalue weighted by atomic mass is 9.95. The van der Waals surface area contributed by atoms with Gasteiger partial charge in [0.15, 0.2) is 5.78 Å². The molecule has 0 saturated carbocycles. The summed E-state index contributed by atoms with van der Waals surface area (Å²) < 4.78 is 0. The maximum atomic E-state index is 12.5. The van der Waals surface area contributed by atoms with E-state index in [1.165, 1.54) is 0 Å². The van der Waals surface area contributed by atoms with Crippen molar-refractivity contribution in [2.45, 2.75) is 0 Å². The van der Waals surface area contributed by atoms with E-state index in [4.69, 9.17) is 0 Å². The van der Waals surface area contributed by atoms with Gasteiger partial charge in [-0.1, -0.05) is 73.8 Å². The first-order valence-electron chi connectivity index (χ1n) is 5.75. The van der Waals surface area contributed by atoms with Crippen LogP contribution in [-0.2, 0) is 0 Å². The van der Waals surface area contributed by atoms with Crippen LogP contribution in [0.3, 0.4) is 0 Å². The van der Waals surface area contributed by atoms with Crippen molar-refractivity contribution in [3.05, 3.63) is 83.9 Å². The van der Waals surface area contributed by atoms with Crippen molar-refractivity contribution in [3.63, 3.8) is 0 Å². The van der Waals surface area contributed by atoms with E-state index in [0.717, 1.165) is 11.1 Å². The van der Waals surface area contributed by atoms with Gasteiger partial charge in [-0.2, -0.15) is 0 Å². The zero-order chi connectivity index (χ0) is 13.0. The Bertz CT molecular complexity index is 555. The van der Waals surface area contributed by atoms with Crippen LogP contribution in [0.15, 0.2) is 61.7 Å². The number of carbonyl (C=O) groups is 1. The van der Waals surface area contributed by atoms with E-state index in [1.54, 1.807) is 12.2 Å². The molecule has 1 heteroatoms. The van der Waals surface area contributed by atoms with E-state index >= 15 is 0 Å². The SMILES string of the molecule is C=Cc1ccccc1C(=O)c1ccccc1C=C. The maximum absolute atomic E-state index is 12.5. The Morgan fingerprint density at radius 1 is 0.778 bits per heavy atom. The smallest absolute Gasteiger partial charge is 0.194 e. The molecule has 0 unspecified atom stereocenters. The molecule has 0 heterocycles. The van der Waals surface area contributed by atoms with Crippen LogP contribution in [0.2, 0.25) is 0 Å². The van der Waals surface area contributed by atoms with Gasteiger partial charge in [-0.15, -0.1) is 0 Å². The second-order valence-corrected chi connectivity index (χ2v) is 3.91. The van der Waals surface area contributed by atoms with Crippen LogP contribution in [0.4, 0.5) is 0 Å². The molecule has 0 bridgehead atoms. The Hall–Kier alpha value is -2.41. The van der Waals surface area contributed by atoms with Crippen molar-refractivity contribution in [3.8, 4) is 0 Å². The van der Waals surface area contributed by atoms with Crippen molar-refractivity contribution >= 4 is 17.9 Å². The van der Waals surface area contributed by atoms with Crippen molar-refractivity contribution in [2.24, 2.45) is 0 Å². The van der Waals surface area contributed by atoms with Crippen LogP contribution in [0.1, 0.15) is 27.0 Å². The summed E-state index contributed by atoms with van der Waals surface area (Å²) in [7, 11) is 0. The minimum Gasteiger partial charge on any atom is -0.289 e. The molecule has 2 aromatic carbocycles. The lowest BCUT2D eigenvalue weighted by molar-refractivity contribution is 0.103. The predicted octanol–water partition coefficient (Wildman–Crippen LogP) is 4.20. The Morgan fingerprint density at radius 2 is 1.17 bits per heavy atom. The summed E-state index contributed by atoms with van der Waals surface area (Å²) in [6.45, 7) is 7.48. The number of benzene rings is 2. The second-order valence-electron chi connectivity index (χ2n) is 3.91. The first-order chi connectivity index (χ1) is 8.77. The Labute approximate surface area is 107 Å². The Balaban J connectivity index is 2.54. The lowest BCUT2D eigenvalue weighted by Crippen LogP contribution is -2.05. The molecule has 0 aliphatic carbocycles. The van der Waals surface area contributed by atoms with E-state index in [1.807, 2.05) is 48.5 Å². The number of hydrogen-bond acceptors (Lipinski definition) is 1. The van der Waals surface area contributed by atoms with Crippen LogP contribution < -0.4 is 0 Å². The van der Waals surface area contributed by atoms with Gasteiger partial charge in [0.2, 0.25) is 0 Å². The molecule has 2 aromatic rings. The minimum atomic E-state index is 0.000926. The molecular weight excluding hydrogens is 220 g/mol. The van der Waals surface area contributed by atoms with E-state index in [0.29, 0.717) is 11.1 Å². The van der Waals surface area contributed by atoms with Crippen LogP contribution in [0.5, 0.6) is 0 Å². The number of carbonyl (C=O) groups excluding carboxylic acids is 1. The summed E-state index contributed by atoms with van der Waals surface area (Å²) in [6, 6.07) is 14.9. The van der Waals surface area contributed by atoms with Crippen LogP contribution in [0.25, 0.3) is 12.2 Å². The topological polar surface area (TPSA) is 17.1 Å². The molecule has 0 fully saturated rings. The standard InChI is InChI=1S/C17H14O/c1-3-13-9-5-7-11-15(13)17(18)16-12-8-6-10-14(16)4-2/h3-12H,1-2H2. The number of ketones is 1. The molecule has 2 rings (SSSR count). The van der Waals surface area contributed by atoms with Gasteiger partial charge < -0.3 is 0 Å². The molecule has 0 atom stereocenters. The summed E-state index contributed by atoms with van der Waals surface area (Å²) in [5, 5.41) is 0. The van der Waals surface area contributed by atoms with Gasteiger partial charge in [-0.05, 0) is 11.1 Å². The molecular formula is C17H14O. The highest BCUT2D eigenvalue weighted by molar-refractivity contribution is 6.12. The second kappa shape index (κ2) is 5.28. The molecule has 18 heavy (non-hydrogen) atoms. The van der Waals surface area contributed by atoms with Crippen molar-refractivity contribution in [2.75, 3.05) is 0 Å².